The lowest BCUT2D eigenvalue weighted by Crippen LogP contribution is -2.25. The molecule has 3 heteroatoms. The maximum absolute atomic E-state index is 9.63. The average Bonchev–Trinajstić information content (AvgIpc) is 2.55. The average molecular weight is 234 g/mol. The highest BCUT2D eigenvalue weighted by atomic mass is 16.3. The molecule has 0 aromatic heterocycles. The Morgan fingerprint density at radius 1 is 1.29 bits per heavy atom. The van der Waals surface area contributed by atoms with E-state index in [1.807, 2.05) is 26.0 Å². The highest BCUT2D eigenvalue weighted by Gasteiger charge is 2.26. The molecule has 1 aliphatic rings. The summed E-state index contributed by atoms with van der Waals surface area (Å²) in [5.74, 6) is 0.380. The molecule has 2 N–H and O–H groups in total. The molecule has 1 fully saturated rings. The molecule has 2 atom stereocenters. The minimum absolute atomic E-state index is 0.380. The van der Waals surface area contributed by atoms with Crippen LogP contribution in [0.1, 0.15) is 24.5 Å². The van der Waals surface area contributed by atoms with Gasteiger partial charge in [-0.15, -0.1) is 0 Å². The van der Waals surface area contributed by atoms with Crippen molar-refractivity contribution in [3.8, 4) is 5.75 Å². The number of likely N-dealkylation sites (N-methyl/N-ethyl adjacent to an activating group) is 1. The van der Waals surface area contributed by atoms with E-state index >= 15 is 0 Å². The maximum Gasteiger partial charge on any atom is 0.118 e. The van der Waals surface area contributed by atoms with Crippen LogP contribution >= 0.6 is 0 Å². The van der Waals surface area contributed by atoms with Gasteiger partial charge in [-0.1, -0.05) is 0 Å². The minimum atomic E-state index is 0.380. The molecule has 1 heterocycles. The third-order valence-corrected chi connectivity index (χ3v) is 3.79. The molecule has 2 unspecified atom stereocenters. The Kier molecular flexibility index (Phi) is 3.29. The second-order valence-electron chi connectivity index (χ2n) is 5.32. The Bertz CT molecular complexity index is 407. The van der Waals surface area contributed by atoms with Crippen LogP contribution in [0.25, 0.3) is 0 Å². The molecule has 1 aromatic rings. The number of benzene rings is 1. The van der Waals surface area contributed by atoms with Gasteiger partial charge in [-0.3, -0.25) is 0 Å². The van der Waals surface area contributed by atoms with Gasteiger partial charge in [0.25, 0.3) is 0 Å². The molecule has 0 amide bonds. The van der Waals surface area contributed by atoms with E-state index in [1.54, 1.807) is 0 Å². The molecule has 1 saturated heterocycles. The molecule has 0 aliphatic carbocycles. The number of aryl methyl sites for hydroxylation is 2. The van der Waals surface area contributed by atoms with Gasteiger partial charge in [0.1, 0.15) is 5.75 Å². The lowest BCUT2D eigenvalue weighted by atomic mass is 10.1. The molecule has 3 nitrogen and oxygen atoms in total. The predicted octanol–water partition coefficient (Wildman–Crippen LogP) is 2.51. The van der Waals surface area contributed by atoms with Crippen LogP contribution in [0.3, 0.4) is 0 Å². The summed E-state index contributed by atoms with van der Waals surface area (Å²) in [6.45, 7) is 7.31. The van der Waals surface area contributed by atoms with Crippen LogP contribution in [0, 0.1) is 13.8 Å². The van der Waals surface area contributed by atoms with Crippen molar-refractivity contribution in [1.29, 1.82) is 0 Å². The maximum atomic E-state index is 9.63. The van der Waals surface area contributed by atoms with Crippen molar-refractivity contribution < 1.29 is 5.11 Å². The summed E-state index contributed by atoms with van der Waals surface area (Å²) in [6, 6.07) is 5.02. The van der Waals surface area contributed by atoms with Gasteiger partial charge in [0.05, 0.1) is 0 Å². The Hall–Kier alpha value is -1.22. The highest BCUT2D eigenvalue weighted by molar-refractivity contribution is 5.57. The minimum Gasteiger partial charge on any atom is -0.508 e. The number of hydrogen-bond donors (Lipinski definition) is 2. The zero-order valence-corrected chi connectivity index (χ0v) is 11.1. The van der Waals surface area contributed by atoms with E-state index in [0.717, 1.165) is 23.4 Å². The van der Waals surface area contributed by atoms with Crippen LogP contribution in [0.5, 0.6) is 5.75 Å². The normalized spacial score (nSPS) is 25.2. The summed E-state index contributed by atoms with van der Waals surface area (Å²) in [4.78, 5) is 2.38. The number of hydrogen-bond acceptors (Lipinski definition) is 3. The number of rotatable bonds is 2. The number of phenols is 1. The Morgan fingerprint density at radius 2 is 2.00 bits per heavy atom. The SMILES string of the molecule is Cc1cc(NC2CC(C)N(C)C2)c(C)cc1O. The van der Waals surface area contributed by atoms with Gasteiger partial charge >= 0.3 is 0 Å². The molecule has 1 aromatic carbocycles. The van der Waals surface area contributed by atoms with Crippen LogP contribution in [-0.4, -0.2) is 35.7 Å². The van der Waals surface area contributed by atoms with Crippen molar-refractivity contribution in [3.05, 3.63) is 23.3 Å². The van der Waals surface area contributed by atoms with Gasteiger partial charge < -0.3 is 15.3 Å². The lowest BCUT2D eigenvalue weighted by Gasteiger charge is -2.17. The van der Waals surface area contributed by atoms with E-state index < -0.39 is 0 Å². The number of nitrogens with one attached hydrogen (secondary N) is 1. The predicted molar refractivity (Wildman–Crippen MR) is 71.7 cm³/mol. The molecular weight excluding hydrogens is 212 g/mol. The van der Waals surface area contributed by atoms with E-state index in [9.17, 15) is 5.11 Å². The van der Waals surface area contributed by atoms with Crippen LogP contribution in [0.4, 0.5) is 5.69 Å². The molecule has 1 aliphatic heterocycles. The molecular formula is C14H22N2O. The number of likely N-dealkylation sites (tertiary alicyclic amines) is 1. The fourth-order valence-corrected chi connectivity index (χ4v) is 2.47. The summed E-state index contributed by atoms with van der Waals surface area (Å²) in [5, 5.41) is 13.2. The van der Waals surface area contributed by atoms with Crippen molar-refractivity contribution in [1.82, 2.24) is 4.90 Å². The number of nitrogens with zero attached hydrogens (tertiary/aromatic N) is 1. The molecule has 0 bridgehead atoms. The smallest absolute Gasteiger partial charge is 0.118 e. The van der Waals surface area contributed by atoms with Crippen molar-refractivity contribution >= 4 is 5.69 Å². The number of anilines is 1. The first kappa shape index (κ1) is 12.2. The quantitative estimate of drug-likeness (QED) is 0.772. The fourth-order valence-electron chi connectivity index (χ4n) is 2.47. The molecule has 0 radical (unpaired) electrons. The first-order valence-electron chi connectivity index (χ1n) is 6.24. The van der Waals surface area contributed by atoms with Gasteiger partial charge in [-0.2, -0.15) is 0 Å². The van der Waals surface area contributed by atoms with Crippen molar-refractivity contribution in [2.75, 3.05) is 18.9 Å². The van der Waals surface area contributed by atoms with Crippen molar-refractivity contribution in [3.63, 3.8) is 0 Å². The highest BCUT2D eigenvalue weighted by Crippen LogP contribution is 2.27. The summed E-state index contributed by atoms with van der Waals surface area (Å²) < 4.78 is 0. The molecule has 0 spiro atoms. The molecule has 94 valence electrons. The van der Waals surface area contributed by atoms with Crippen LogP contribution in [0.2, 0.25) is 0 Å². The summed E-state index contributed by atoms with van der Waals surface area (Å²) in [6.07, 6.45) is 1.18. The number of phenolic OH excluding ortho intramolecular Hbond substituents is 1. The Balaban J connectivity index is 2.12. The third kappa shape index (κ3) is 2.55. The van der Waals surface area contributed by atoms with E-state index in [1.165, 1.54) is 6.42 Å². The van der Waals surface area contributed by atoms with Crippen molar-refractivity contribution in [2.45, 2.75) is 39.3 Å². The Labute approximate surface area is 103 Å². The topological polar surface area (TPSA) is 35.5 Å². The lowest BCUT2D eigenvalue weighted by molar-refractivity contribution is 0.330. The van der Waals surface area contributed by atoms with Crippen molar-refractivity contribution in [2.24, 2.45) is 0 Å². The first-order chi connectivity index (χ1) is 7.97. The van der Waals surface area contributed by atoms with Gasteiger partial charge in [0, 0.05) is 24.3 Å². The van der Waals surface area contributed by atoms with Crippen LogP contribution < -0.4 is 5.32 Å². The first-order valence-corrected chi connectivity index (χ1v) is 6.24. The number of aromatic hydroxyl groups is 1. The van der Waals surface area contributed by atoms with Gasteiger partial charge in [-0.05, 0) is 57.5 Å². The van der Waals surface area contributed by atoms with Gasteiger partial charge in [0.2, 0.25) is 0 Å². The second kappa shape index (κ2) is 4.57. The van der Waals surface area contributed by atoms with E-state index in [4.69, 9.17) is 0 Å². The van der Waals surface area contributed by atoms with E-state index in [0.29, 0.717) is 17.8 Å². The third-order valence-electron chi connectivity index (χ3n) is 3.79. The van der Waals surface area contributed by atoms with Gasteiger partial charge in [0.15, 0.2) is 0 Å². The Morgan fingerprint density at radius 3 is 2.59 bits per heavy atom. The zero-order valence-electron chi connectivity index (χ0n) is 11.1. The summed E-state index contributed by atoms with van der Waals surface area (Å²) >= 11 is 0. The second-order valence-corrected chi connectivity index (χ2v) is 5.32. The van der Waals surface area contributed by atoms with Crippen LogP contribution in [-0.2, 0) is 0 Å². The molecule has 0 saturated carbocycles. The molecule has 17 heavy (non-hydrogen) atoms. The zero-order chi connectivity index (χ0) is 12.6. The van der Waals surface area contributed by atoms with Gasteiger partial charge in [-0.25, -0.2) is 0 Å². The largest absolute Gasteiger partial charge is 0.508 e. The van der Waals surface area contributed by atoms with E-state index in [2.05, 4.69) is 24.2 Å². The monoisotopic (exact) mass is 234 g/mol. The van der Waals surface area contributed by atoms with E-state index in [-0.39, 0.29) is 0 Å². The molecule has 2 rings (SSSR count). The summed E-state index contributed by atoms with van der Waals surface area (Å²) in [5.41, 5.74) is 3.18. The summed E-state index contributed by atoms with van der Waals surface area (Å²) in [7, 11) is 2.17. The standard InChI is InChI=1S/C14H22N2O/c1-9-6-14(17)10(2)5-13(9)15-12-7-11(3)16(4)8-12/h5-6,11-12,15,17H,7-8H2,1-4H3. The van der Waals surface area contributed by atoms with Crippen LogP contribution in [0.15, 0.2) is 12.1 Å². The fraction of sp³-hybridized carbons (Fsp3) is 0.571.